The van der Waals surface area contributed by atoms with Gasteiger partial charge >= 0.3 is 12.1 Å². The van der Waals surface area contributed by atoms with E-state index in [-0.39, 0.29) is 23.7 Å². The Morgan fingerprint density at radius 2 is 1.75 bits per heavy atom. The van der Waals surface area contributed by atoms with E-state index in [0.717, 1.165) is 12.1 Å². The highest BCUT2D eigenvalue weighted by atomic mass is 35.5. The van der Waals surface area contributed by atoms with Crippen LogP contribution in [0.25, 0.3) is 10.9 Å². The van der Waals surface area contributed by atoms with Crippen molar-refractivity contribution in [1.29, 1.82) is 0 Å². The molecule has 4 aromatic rings. The summed E-state index contributed by atoms with van der Waals surface area (Å²) in [5, 5.41) is 10.1. The fourth-order valence-electron chi connectivity index (χ4n) is 3.48. The molecule has 0 bridgehead atoms. The van der Waals surface area contributed by atoms with Crippen LogP contribution in [-0.2, 0) is 19.3 Å². The summed E-state index contributed by atoms with van der Waals surface area (Å²) in [4.78, 5) is 11.4. The van der Waals surface area contributed by atoms with Crippen LogP contribution in [0.4, 0.5) is 13.2 Å². The number of rotatable bonds is 6. The van der Waals surface area contributed by atoms with Crippen molar-refractivity contribution >= 4 is 28.5 Å². The SMILES string of the molecule is O=C(O)c1ccc2c(c1)cc(COc1ccccc1)n2Cc1cc(C(F)(F)F)ccc1Cl. The molecule has 0 saturated heterocycles. The average Bonchev–Trinajstić information content (AvgIpc) is 3.10. The van der Waals surface area contributed by atoms with Gasteiger partial charge in [0.2, 0.25) is 0 Å². The number of carbonyl (C=O) groups is 1. The molecule has 32 heavy (non-hydrogen) atoms. The van der Waals surface area contributed by atoms with E-state index in [2.05, 4.69) is 0 Å². The Hall–Kier alpha value is -3.45. The molecule has 0 radical (unpaired) electrons. The predicted octanol–water partition coefficient (Wildman–Crippen LogP) is 6.64. The van der Waals surface area contributed by atoms with E-state index in [1.54, 1.807) is 28.8 Å². The molecular formula is C24H17ClF3NO3. The van der Waals surface area contributed by atoms with Gasteiger partial charge in [-0.2, -0.15) is 13.2 Å². The van der Waals surface area contributed by atoms with Gasteiger partial charge in [-0.3, -0.25) is 0 Å². The topological polar surface area (TPSA) is 51.5 Å². The number of hydrogen-bond acceptors (Lipinski definition) is 2. The monoisotopic (exact) mass is 459 g/mol. The summed E-state index contributed by atoms with van der Waals surface area (Å²) in [6.07, 6.45) is -4.49. The molecule has 0 aliphatic rings. The molecule has 4 nitrogen and oxygen atoms in total. The van der Waals surface area contributed by atoms with Crippen molar-refractivity contribution in [2.45, 2.75) is 19.3 Å². The highest BCUT2D eigenvalue weighted by molar-refractivity contribution is 6.31. The first-order valence-electron chi connectivity index (χ1n) is 9.61. The minimum Gasteiger partial charge on any atom is -0.487 e. The lowest BCUT2D eigenvalue weighted by molar-refractivity contribution is -0.137. The lowest BCUT2D eigenvalue weighted by Gasteiger charge is -2.15. The normalized spacial score (nSPS) is 11.6. The van der Waals surface area contributed by atoms with Gasteiger partial charge in [-0.25, -0.2) is 4.79 Å². The number of ether oxygens (including phenoxy) is 1. The number of fused-ring (bicyclic) bond motifs is 1. The largest absolute Gasteiger partial charge is 0.487 e. The Morgan fingerprint density at radius 3 is 2.44 bits per heavy atom. The van der Waals surface area contributed by atoms with Gasteiger partial charge in [0.15, 0.2) is 0 Å². The van der Waals surface area contributed by atoms with Crippen LogP contribution < -0.4 is 4.74 Å². The number of benzene rings is 3. The molecule has 0 spiro atoms. The van der Waals surface area contributed by atoms with Crippen molar-refractivity contribution in [3.8, 4) is 5.75 Å². The molecule has 0 saturated carbocycles. The summed E-state index contributed by atoms with van der Waals surface area (Å²) < 4.78 is 47.3. The van der Waals surface area contributed by atoms with Crippen LogP contribution >= 0.6 is 11.6 Å². The van der Waals surface area contributed by atoms with Crippen molar-refractivity contribution in [3.05, 3.63) is 100 Å². The number of alkyl halides is 3. The molecule has 0 aliphatic carbocycles. The van der Waals surface area contributed by atoms with Crippen LogP contribution in [-0.4, -0.2) is 15.6 Å². The Balaban J connectivity index is 1.77. The lowest BCUT2D eigenvalue weighted by Crippen LogP contribution is -2.10. The highest BCUT2D eigenvalue weighted by Gasteiger charge is 2.31. The van der Waals surface area contributed by atoms with Crippen molar-refractivity contribution in [2.24, 2.45) is 0 Å². The number of aromatic nitrogens is 1. The van der Waals surface area contributed by atoms with Crippen molar-refractivity contribution < 1.29 is 27.8 Å². The lowest BCUT2D eigenvalue weighted by atomic mass is 10.1. The predicted molar refractivity (Wildman–Crippen MR) is 115 cm³/mol. The zero-order chi connectivity index (χ0) is 22.9. The number of halogens is 4. The van der Waals surface area contributed by atoms with Crippen LogP contribution in [0.3, 0.4) is 0 Å². The van der Waals surface area contributed by atoms with Crippen LogP contribution in [0.15, 0.2) is 72.8 Å². The minimum absolute atomic E-state index is 0.0617. The molecule has 3 aromatic carbocycles. The second kappa shape index (κ2) is 8.59. The molecule has 0 atom stereocenters. The van der Waals surface area contributed by atoms with Gasteiger partial charge in [-0.05, 0) is 60.2 Å². The first-order valence-corrected chi connectivity index (χ1v) is 9.99. The Bertz CT molecular complexity index is 1280. The zero-order valence-electron chi connectivity index (χ0n) is 16.6. The third-order valence-electron chi connectivity index (χ3n) is 5.07. The maximum absolute atomic E-state index is 13.2. The molecule has 1 aromatic heterocycles. The number of nitrogens with zero attached hydrogens (tertiary/aromatic N) is 1. The van der Waals surface area contributed by atoms with Crippen molar-refractivity contribution in [2.75, 3.05) is 0 Å². The Kier molecular flexibility index (Phi) is 5.84. The maximum Gasteiger partial charge on any atom is 0.416 e. The second-order valence-corrected chi connectivity index (χ2v) is 7.61. The summed E-state index contributed by atoms with van der Waals surface area (Å²) in [6, 6.07) is 18.7. The summed E-state index contributed by atoms with van der Waals surface area (Å²) in [5.41, 5.74) is 0.947. The zero-order valence-corrected chi connectivity index (χ0v) is 17.3. The molecule has 1 heterocycles. The minimum atomic E-state index is -4.49. The van der Waals surface area contributed by atoms with Crippen LogP contribution in [0.5, 0.6) is 5.75 Å². The molecule has 1 N–H and O–H groups in total. The second-order valence-electron chi connectivity index (χ2n) is 7.21. The van der Waals surface area contributed by atoms with Gasteiger partial charge in [0.25, 0.3) is 0 Å². The van der Waals surface area contributed by atoms with Crippen molar-refractivity contribution in [3.63, 3.8) is 0 Å². The fraction of sp³-hybridized carbons (Fsp3) is 0.125. The van der Waals surface area contributed by atoms with E-state index in [1.807, 2.05) is 18.2 Å². The van der Waals surface area contributed by atoms with E-state index < -0.39 is 17.7 Å². The average molecular weight is 460 g/mol. The first-order chi connectivity index (χ1) is 15.2. The summed E-state index contributed by atoms with van der Waals surface area (Å²) in [5.74, 6) is -0.435. The van der Waals surface area contributed by atoms with Gasteiger partial charge in [0, 0.05) is 22.5 Å². The Labute approximate surface area is 186 Å². The van der Waals surface area contributed by atoms with E-state index >= 15 is 0 Å². The van der Waals surface area contributed by atoms with Crippen LogP contribution in [0.1, 0.15) is 27.2 Å². The number of carboxylic acids is 1. The number of aromatic carboxylic acids is 1. The van der Waals surface area contributed by atoms with E-state index in [4.69, 9.17) is 16.3 Å². The molecule has 0 fully saturated rings. The van der Waals surface area contributed by atoms with Crippen LogP contribution in [0, 0.1) is 0 Å². The number of hydrogen-bond donors (Lipinski definition) is 1. The smallest absolute Gasteiger partial charge is 0.416 e. The summed E-state index contributed by atoms with van der Waals surface area (Å²) in [7, 11) is 0. The quantitative estimate of drug-likeness (QED) is 0.351. The van der Waals surface area contributed by atoms with Gasteiger partial charge in [-0.1, -0.05) is 29.8 Å². The van der Waals surface area contributed by atoms with E-state index in [1.165, 1.54) is 18.2 Å². The molecule has 0 aliphatic heterocycles. The molecule has 4 rings (SSSR count). The summed E-state index contributed by atoms with van der Waals surface area (Å²) in [6.45, 7) is 0.198. The van der Waals surface area contributed by atoms with Gasteiger partial charge < -0.3 is 14.4 Å². The van der Waals surface area contributed by atoms with E-state index in [0.29, 0.717) is 27.9 Å². The van der Waals surface area contributed by atoms with Gasteiger partial charge in [0.05, 0.1) is 16.8 Å². The molecule has 164 valence electrons. The first kappa shape index (κ1) is 21.8. The van der Waals surface area contributed by atoms with Crippen molar-refractivity contribution in [1.82, 2.24) is 4.57 Å². The molecule has 8 heteroatoms. The molecule has 0 unspecified atom stereocenters. The number of carboxylic acid groups (broad SMARTS) is 1. The fourth-order valence-corrected chi connectivity index (χ4v) is 3.66. The molecular weight excluding hydrogens is 443 g/mol. The standard InChI is InChI=1S/C24H17ClF3NO3/c25-21-8-7-18(24(26,27)28)11-17(21)13-29-19(14-32-20-4-2-1-3-5-20)12-16-10-15(23(30)31)6-9-22(16)29/h1-12H,13-14H2,(H,30,31). The summed E-state index contributed by atoms with van der Waals surface area (Å²) >= 11 is 6.22. The maximum atomic E-state index is 13.2. The van der Waals surface area contributed by atoms with Gasteiger partial charge in [-0.15, -0.1) is 0 Å². The Morgan fingerprint density at radius 1 is 1.00 bits per heavy atom. The van der Waals surface area contributed by atoms with Gasteiger partial charge in [0.1, 0.15) is 12.4 Å². The van der Waals surface area contributed by atoms with E-state index in [9.17, 15) is 23.1 Å². The highest BCUT2D eigenvalue weighted by Crippen LogP contribution is 2.33. The third kappa shape index (κ3) is 4.57. The number of para-hydroxylation sites is 1. The molecule has 0 amide bonds. The third-order valence-corrected chi connectivity index (χ3v) is 5.43. The van der Waals surface area contributed by atoms with Crippen LogP contribution in [0.2, 0.25) is 5.02 Å².